The number of ether oxygens (including phenoxy) is 3. The molecule has 10 nitrogen and oxygen atoms in total. The molecule has 12 heteroatoms. The van der Waals surface area contributed by atoms with E-state index in [-0.39, 0.29) is 29.7 Å². The number of piperazine rings is 1. The number of carbonyl (C=O) groups excluding carboxylic acids is 1. The molecule has 2 aromatic rings. The summed E-state index contributed by atoms with van der Waals surface area (Å²) in [6, 6.07) is 11.1. The van der Waals surface area contributed by atoms with E-state index < -0.39 is 21.2 Å². The molecular formula is C42H63ClN4O6S. The molecule has 4 atom stereocenters. The maximum absolute atomic E-state index is 13.8. The number of allylic oxidation sites excluding steroid dienone is 1. The molecule has 1 amide bonds. The third-order valence-corrected chi connectivity index (χ3v) is 13.7. The van der Waals surface area contributed by atoms with Crippen LogP contribution in [-0.2, 0) is 32.5 Å². The summed E-state index contributed by atoms with van der Waals surface area (Å²) in [7, 11) is -0.824. The zero-order valence-electron chi connectivity index (χ0n) is 33.3. The molecular weight excluding hydrogens is 724 g/mol. The van der Waals surface area contributed by atoms with Crippen LogP contribution in [0.3, 0.4) is 0 Å². The minimum Gasteiger partial charge on any atom is -0.487 e. The molecule has 2 aliphatic heterocycles. The highest BCUT2D eigenvalue weighted by Crippen LogP contribution is 2.37. The molecule has 2 aromatic carbocycles. The molecule has 0 unspecified atom stereocenters. The summed E-state index contributed by atoms with van der Waals surface area (Å²) in [5.41, 5.74) is 3.49. The highest BCUT2D eigenvalue weighted by molar-refractivity contribution is 7.90. The number of fused-ring (bicyclic) bond motifs is 2. The third-order valence-electron chi connectivity index (χ3n) is 11.5. The van der Waals surface area contributed by atoms with Crippen LogP contribution in [0.2, 0.25) is 5.02 Å². The summed E-state index contributed by atoms with van der Waals surface area (Å²) in [6.07, 6.45) is 10.8. The number of benzene rings is 2. The minimum atomic E-state index is -4.08. The van der Waals surface area contributed by atoms with Crippen LogP contribution in [0.5, 0.6) is 5.75 Å². The second-order valence-corrected chi connectivity index (χ2v) is 18.7. The van der Waals surface area contributed by atoms with Gasteiger partial charge in [0, 0.05) is 82.1 Å². The fourth-order valence-corrected chi connectivity index (χ4v) is 9.65. The minimum absolute atomic E-state index is 0.0176. The Labute approximate surface area is 329 Å². The fraction of sp³-hybridized carbons (Fsp3) is 0.643. The van der Waals surface area contributed by atoms with Crippen molar-refractivity contribution < 1.29 is 27.4 Å². The van der Waals surface area contributed by atoms with Crippen molar-refractivity contribution >= 4 is 33.2 Å². The lowest BCUT2D eigenvalue weighted by atomic mass is 9.81. The average molecular weight is 788 g/mol. The van der Waals surface area contributed by atoms with E-state index in [1.165, 1.54) is 12.7 Å². The number of amides is 1. The predicted molar refractivity (Wildman–Crippen MR) is 218 cm³/mol. The van der Waals surface area contributed by atoms with E-state index in [0.29, 0.717) is 29.7 Å². The van der Waals surface area contributed by atoms with Crippen molar-refractivity contribution in [3.63, 3.8) is 0 Å². The van der Waals surface area contributed by atoms with E-state index in [0.717, 1.165) is 95.6 Å². The van der Waals surface area contributed by atoms with Gasteiger partial charge in [-0.25, -0.2) is 13.1 Å². The number of anilines is 1. The van der Waals surface area contributed by atoms with E-state index in [4.69, 9.17) is 25.8 Å². The zero-order valence-corrected chi connectivity index (χ0v) is 34.9. The highest BCUT2D eigenvalue weighted by Gasteiger charge is 2.35. The number of hydrogen-bond acceptors (Lipinski definition) is 9. The van der Waals surface area contributed by atoms with Gasteiger partial charge in [-0.2, -0.15) is 0 Å². The second-order valence-electron chi connectivity index (χ2n) is 16.3. The summed E-state index contributed by atoms with van der Waals surface area (Å²) in [4.78, 5) is 21.1. The van der Waals surface area contributed by atoms with Crippen LogP contribution < -0.4 is 14.4 Å². The SMILES string of the molecule is COC[C@H]([C@@H](C)C/C=C/CCN1CCN(C(C)(C)C)CC1)S(=O)(=O)NC(=O)c1ccc2c(c1)N(C[C@@H]1CC[C@H]1OC)CCCCc1cc(Cl)ccc1CO2. The summed E-state index contributed by atoms with van der Waals surface area (Å²) in [6.45, 7) is 15.8. The number of hydrogen-bond donors (Lipinski definition) is 1. The van der Waals surface area contributed by atoms with Gasteiger partial charge in [0.25, 0.3) is 5.91 Å². The number of halogens is 1. The molecule has 0 spiro atoms. The first-order chi connectivity index (χ1) is 25.8. The van der Waals surface area contributed by atoms with E-state index in [2.05, 4.69) is 52.3 Å². The van der Waals surface area contributed by atoms with Gasteiger partial charge < -0.3 is 24.0 Å². The fourth-order valence-electron chi connectivity index (χ4n) is 7.89. The Morgan fingerprint density at radius 2 is 1.80 bits per heavy atom. The number of carbonyl (C=O) groups is 1. The number of nitrogens with one attached hydrogen (secondary N) is 1. The summed E-state index contributed by atoms with van der Waals surface area (Å²) in [5, 5.41) is -0.193. The largest absolute Gasteiger partial charge is 0.487 e. The van der Waals surface area contributed by atoms with Gasteiger partial charge in [-0.05, 0) is 113 Å². The van der Waals surface area contributed by atoms with Crippen molar-refractivity contribution in [2.75, 3.05) is 71.5 Å². The van der Waals surface area contributed by atoms with E-state index in [1.807, 2.05) is 25.1 Å². The number of sulfonamides is 1. The average Bonchev–Trinajstić information content (AvgIpc) is 3.15. The van der Waals surface area contributed by atoms with E-state index in [9.17, 15) is 13.2 Å². The molecule has 300 valence electrons. The van der Waals surface area contributed by atoms with Gasteiger partial charge in [0.1, 0.15) is 17.6 Å². The second kappa shape index (κ2) is 19.5. The molecule has 5 rings (SSSR count). The van der Waals surface area contributed by atoms with Crippen LogP contribution >= 0.6 is 11.6 Å². The molecule has 1 aliphatic carbocycles. The van der Waals surface area contributed by atoms with Gasteiger partial charge in [0.05, 0.1) is 18.4 Å². The molecule has 1 saturated carbocycles. The van der Waals surface area contributed by atoms with Gasteiger partial charge in [-0.1, -0.05) is 36.7 Å². The predicted octanol–water partition coefficient (Wildman–Crippen LogP) is 6.95. The lowest BCUT2D eigenvalue weighted by molar-refractivity contribution is -0.0126. The monoisotopic (exact) mass is 786 g/mol. The number of rotatable bonds is 14. The molecule has 1 N–H and O–H groups in total. The lowest BCUT2D eigenvalue weighted by Gasteiger charge is -2.42. The van der Waals surface area contributed by atoms with Crippen LogP contribution in [0.25, 0.3) is 0 Å². The first kappa shape index (κ1) is 42.5. The van der Waals surface area contributed by atoms with Crippen LogP contribution in [0.4, 0.5) is 5.69 Å². The molecule has 2 heterocycles. The van der Waals surface area contributed by atoms with Crippen molar-refractivity contribution in [1.29, 1.82) is 0 Å². The van der Waals surface area contributed by atoms with Crippen LogP contribution in [0, 0.1) is 11.8 Å². The quantitative estimate of drug-likeness (QED) is 0.204. The molecule has 3 aliphatic rings. The number of nitrogens with zero attached hydrogens (tertiary/aromatic N) is 3. The first-order valence-electron chi connectivity index (χ1n) is 19.8. The Kier molecular flexibility index (Phi) is 15.3. The summed E-state index contributed by atoms with van der Waals surface area (Å²) < 4.78 is 47.6. The standard InChI is InChI=1S/C42H63ClN4O6S/c1-31(12-8-7-10-20-45-22-24-47(25-23-45)42(2,3)4)40(30-51-5)54(49,50)44-41(48)33-15-19-39-37(27-33)46(28-34-16-18-38(34)52-6)21-11-9-13-32-26-36(43)17-14-35(32)29-53-39/h7-8,14-15,17,19,26-27,31,34,38,40H,9-13,16,18,20-25,28-30H2,1-6H3,(H,44,48)/b8-7+/t31-,34-,38+,40+/m0/s1. The molecule has 2 fully saturated rings. The van der Waals surface area contributed by atoms with Crippen molar-refractivity contribution in [1.82, 2.24) is 14.5 Å². The first-order valence-corrected chi connectivity index (χ1v) is 21.7. The molecule has 0 bridgehead atoms. The van der Waals surface area contributed by atoms with Gasteiger partial charge >= 0.3 is 0 Å². The molecule has 0 radical (unpaired) electrons. The summed E-state index contributed by atoms with van der Waals surface area (Å²) in [5.74, 6) is 0.0691. The highest BCUT2D eigenvalue weighted by atomic mass is 35.5. The van der Waals surface area contributed by atoms with Gasteiger partial charge in [-0.3, -0.25) is 9.69 Å². The normalized spacial score (nSPS) is 21.6. The molecule has 1 saturated heterocycles. The topological polar surface area (TPSA) is 101 Å². The van der Waals surface area contributed by atoms with Gasteiger partial charge in [0.2, 0.25) is 10.0 Å². The van der Waals surface area contributed by atoms with Crippen LogP contribution in [-0.4, -0.2) is 108 Å². The maximum Gasteiger partial charge on any atom is 0.264 e. The van der Waals surface area contributed by atoms with Crippen molar-refractivity contribution in [3.05, 3.63) is 70.3 Å². The van der Waals surface area contributed by atoms with Gasteiger partial charge in [0.15, 0.2) is 0 Å². The lowest BCUT2D eigenvalue weighted by Crippen LogP contribution is -2.53. The Bertz CT molecular complexity index is 1670. The Hall–Kier alpha value is -2.67. The maximum atomic E-state index is 13.8. The third kappa shape index (κ3) is 11.4. The zero-order chi connectivity index (χ0) is 38.9. The smallest absolute Gasteiger partial charge is 0.264 e. The van der Waals surface area contributed by atoms with E-state index >= 15 is 0 Å². The Balaban J connectivity index is 1.26. The molecule has 54 heavy (non-hydrogen) atoms. The Morgan fingerprint density at radius 3 is 2.48 bits per heavy atom. The number of methoxy groups -OCH3 is 2. The van der Waals surface area contributed by atoms with Crippen LogP contribution in [0.15, 0.2) is 48.6 Å². The molecule has 0 aromatic heterocycles. The van der Waals surface area contributed by atoms with Gasteiger partial charge in [-0.15, -0.1) is 0 Å². The van der Waals surface area contributed by atoms with Crippen molar-refractivity contribution in [2.24, 2.45) is 11.8 Å². The van der Waals surface area contributed by atoms with E-state index in [1.54, 1.807) is 25.3 Å². The Morgan fingerprint density at radius 1 is 1.02 bits per heavy atom. The summed E-state index contributed by atoms with van der Waals surface area (Å²) >= 11 is 6.35. The number of aryl methyl sites for hydroxylation is 1. The van der Waals surface area contributed by atoms with Crippen LogP contribution in [0.1, 0.15) is 87.7 Å². The van der Waals surface area contributed by atoms with Crippen molar-refractivity contribution in [3.8, 4) is 5.75 Å². The van der Waals surface area contributed by atoms with Crippen molar-refractivity contribution in [2.45, 2.75) is 96.1 Å².